The Labute approximate surface area is 119 Å². The quantitative estimate of drug-likeness (QED) is 0.838. The minimum Gasteiger partial charge on any atom is -0.491 e. The zero-order valence-electron chi connectivity index (χ0n) is 11.9. The molecule has 0 amide bonds. The van der Waals surface area contributed by atoms with Crippen molar-refractivity contribution in [1.29, 1.82) is 0 Å². The van der Waals surface area contributed by atoms with Crippen LogP contribution in [0.2, 0.25) is 0 Å². The molecule has 0 saturated carbocycles. The summed E-state index contributed by atoms with van der Waals surface area (Å²) >= 11 is 0. The van der Waals surface area contributed by atoms with E-state index in [1.165, 1.54) is 6.07 Å². The van der Waals surface area contributed by atoms with Crippen molar-refractivity contribution in [2.24, 2.45) is 5.92 Å². The van der Waals surface area contributed by atoms with Crippen LogP contribution in [0.4, 0.5) is 10.1 Å². The van der Waals surface area contributed by atoms with Crippen LogP contribution in [0.15, 0.2) is 48.5 Å². The Kier molecular flexibility index (Phi) is 4.99. The lowest BCUT2D eigenvalue weighted by Crippen LogP contribution is -2.08. The van der Waals surface area contributed by atoms with E-state index >= 15 is 0 Å². The van der Waals surface area contributed by atoms with Gasteiger partial charge in [-0.1, -0.05) is 44.2 Å². The molecule has 0 aliphatic carbocycles. The number of para-hydroxylation sites is 2. The molecule has 20 heavy (non-hydrogen) atoms. The third-order valence-electron chi connectivity index (χ3n) is 2.89. The van der Waals surface area contributed by atoms with E-state index in [0.717, 1.165) is 11.4 Å². The summed E-state index contributed by atoms with van der Waals surface area (Å²) in [6.07, 6.45) is 0. The highest BCUT2D eigenvalue weighted by atomic mass is 19.1. The van der Waals surface area contributed by atoms with Crippen LogP contribution in [0.3, 0.4) is 0 Å². The molecule has 0 aliphatic rings. The van der Waals surface area contributed by atoms with E-state index in [-0.39, 0.29) is 5.82 Å². The number of rotatable bonds is 6. The van der Waals surface area contributed by atoms with Gasteiger partial charge in [-0.2, -0.15) is 0 Å². The van der Waals surface area contributed by atoms with E-state index in [2.05, 4.69) is 19.2 Å². The van der Waals surface area contributed by atoms with Gasteiger partial charge in [0, 0.05) is 12.1 Å². The first-order valence-electron chi connectivity index (χ1n) is 6.86. The van der Waals surface area contributed by atoms with E-state index in [1.54, 1.807) is 12.1 Å². The zero-order chi connectivity index (χ0) is 14.4. The molecule has 2 aromatic rings. The fourth-order valence-corrected chi connectivity index (χ4v) is 1.83. The Morgan fingerprint density at radius 2 is 1.75 bits per heavy atom. The number of halogens is 1. The topological polar surface area (TPSA) is 21.3 Å². The first-order valence-corrected chi connectivity index (χ1v) is 6.86. The van der Waals surface area contributed by atoms with Crippen molar-refractivity contribution < 1.29 is 9.13 Å². The highest BCUT2D eigenvalue weighted by molar-refractivity contribution is 5.56. The average molecular weight is 273 g/mol. The summed E-state index contributed by atoms with van der Waals surface area (Å²) in [7, 11) is 0. The third-order valence-corrected chi connectivity index (χ3v) is 2.89. The summed E-state index contributed by atoms with van der Waals surface area (Å²) in [5.74, 6) is 1.08. The summed E-state index contributed by atoms with van der Waals surface area (Å²) in [6.45, 7) is 5.32. The number of anilines is 1. The molecule has 0 saturated heterocycles. The minimum absolute atomic E-state index is 0.194. The van der Waals surface area contributed by atoms with Gasteiger partial charge in [-0.15, -0.1) is 0 Å². The van der Waals surface area contributed by atoms with Crippen LogP contribution in [-0.4, -0.2) is 6.61 Å². The van der Waals surface area contributed by atoms with Crippen LogP contribution in [0.1, 0.15) is 19.4 Å². The molecule has 106 valence electrons. The monoisotopic (exact) mass is 273 g/mol. The van der Waals surface area contributed by atoms with E-state index in [4.69, 9.17) is 4.74 Å². The maximum absolute atomic E-state index is 13.6. The lowest BCUT2D eigenvalue weighted by atomic mass is 10.2. The van der Waals surface area contributed by atoms with E-state index in [9.17, 15) is 4.39 Å². The van der Waals surface area contributed by atoms with Crippen molar-refractivity contribution in [2.75, 3.05) is 11.9 Å². The van der Waals surface area contributed by atoms with E-state index in [1.807, 2.05) is 30.3 Å². The molecule has 2 nitrogen and oxygen atoms in total. The Bertz CT molecular complexity index is 554. The summed E-state index contributed by atoms with van der Waals surface area (Å²) in [5.41, 5.74) is 1.53. The molecule has 0 bridgehead atoms. The van der Waals surface area contributed by atoms with Gasteiger partial charge in [0.25, 0.3) is 0 Å². The molecule has 0 aliphatic heterocycles. The van der Waals surface area contributed by atoms with Crippen molar-refractivity contribution in [1.82, 2.24) is 0 Å². The van der Waals surface area contributed by atoms with Gasteiger partial charge in [0.15, 0.2) is 0 Å². The van der Waals surface area contributed by atoms with Gasteiger partial charge in [0.05, 0.1) is 12.3 Å². The highest BCUT2D eigenvalue weighted by Gasteiger charge is 2.05. The second-order valence-corrected chi connectivity index (χ2v) is 5.15. The zero-order valence-corrected chi connectivity index (χ0v) is 11.9. The van der Waals surface area contributed by atoms with Crippen LogP contribution in [0.25, 0.3) is 0 Å². The fraction of sp³-hybridized carbons (Fsp3) is 0.294. The van der Waals surface area contributed by atoms with Gasteiger partial charge in [-0.05, 0) is 24.1 Å². The van der Waals surface area contributed by atoms with Crippen LogP contribution >= 0.6 is 0 Å². The smallest absolute Gasteiger partial charge is 0.142 e. The molecule has 0 spiro atoms. The molecule has 0 fully saturated rings. The molecule has 1 N–H and O–H groups in total. The summed E-state index contributed by atoms with van der Waals surface area (Å²) in [6, 6.07) is 14.5. The summed E-state index contributed by atoms with van der Waals surface area (Å²) in [5, 5.41) is 3.23. The molecule has 3 heteroatoms. The molecule has 2 aromatic carbocycles. The van der Waals surface area contributed by atoms with Crippen LogP contribution in [-0.2, 0) is 6.54 Å². The minimum atomic E-state index is -0.194. The van der Waals surface area contributed by atoms with Gasteiger partial charge in [0.1, 0.15) is 11.6 Å². The fourth-order valence-electron chi connectivity index (χ4n) is 1.83. The summed E-state index contributed by atoms with van der Waals surface area (Å²) < 4.78 is 19.3. The Balaban J connectivity index is 2.04. The Morgan fingerprint density at radius 3 is 2.50 bits per heavy atom. The van der Waals surface area contributed by atoms with Gasteiger partial charge >= 0.3 is 0 Å². The average Bonchev–Trinajstić information content (AvgIpc) is 2.45. The van der Waals surface area contributed by atoms with E-state index in [0.29, 0.717) is 24.6 Å². The SMILES string of the molecule is CC(C)COc1ccccc1NCc1ccccc1F. The predicted octanol–water partition coefficient (Wildman–Crippen LogP) is 4.47. The number of hydrogen-bond donors (Lipinski definition) is 1. The highest BCUT2D eigenvalue weighted by Crippen LogP contribution is 2.25. The lowest BCUT2D eigenvalue weighted by Gasteiger charge is -2.14. The van der Waals surface area contributed by atoms with Crippen molar-refractivity contribution in [3.8, 4) is 5.75 Å². The van der Waals surface area contributed by atoms with Crippen molar-refractivity contribution >= 4 is 5.69 Å². The number of ether oxygens (including phenoxy) is 1. The Hall–Kier alpha value is -2.03. The van der Waals surface area contributed by atoms with E-state index < -0.39 is 0 Å². The predicted molar refractivity (Wildman–Crippen MR) is 80.5 cm³/mol. The Morgan fingerprint density at radius 1 is 1.05 bits per heavy atom. The molecule has 0 atom stereocenters. The first-order chi connectivity index (χ1) is 9.66. The van der Waals surface area contributed by atoms with Gasteiger partial charge in [-0.3, -0.25) is 0 Å². The molecular formula is C17H20FNO. The first kappa shape index (κ1) is 14.4. The van der Waals surface area contributed by atoms with Crippen LogP contribution in [0, 0.1) is 11.7 Å². The van der Waals surface area contributed by atoms with Crippen molar-refractivity contribution in [3.63, 3.8) is 0 Å². The maximum atomic E-state index is 13.6. The number of nitrogens with one attached hydrogen (secondary N) is 1. The molecule has 0 unspecified atom stereocenters. The van der Waals surface area contributed by atoms with Gasteiger partial charge in [-0.25, -0.2) is 4.39 Å². The van der Waals surface area contributed by atoms with Gasteiger partial charge in [0.2, 0.25) is 0 Å². The molecule has 2 rings (SSSR count). The maximum Gasteiger partial charge on any atom is 0.142 e. The molecule has 0 heterocycles. The summed E-state index contributed by atoms with van der Waals surface area (Å²) in [4.78, 5) is 0. The largest absolute Gasteiger partial charge is 0.491 e. The van der Waals surface area contributed by atoms with Crippen LogP contribution in [0.5, 0.6) is 5.75 Å². The standard InChI is InChI=1S/C17H20FNO/c1-13(2)12-20-17-10-6-5-9-16(17)19-11-14-7-3-4-8-15(14)18/h3-10,13,19H,11-12H2,1-2H3. The van der Waals surface area contributed by atoms with Crippen molar-refractivity contribution in [3.05, 3.63) is 59.9 Å². The van der Waals surface area contributed by atoms with Crippen molar-refractivity contribution in [2.45, 2.75) is 20.4 Å². The second-order valence-electron chi connectivity index (χ2n) is 5.15. The number of hydrogen-bond acceptors (Lipinski definition) is 2. The number of benzene rings is 2. The molecular weight excluding hydrogens is 253 g/mol. The normalized spacial score (nSPS) is 10.6. The van der Waals surface area contributed by atoms with Gasteiger partial charge < -0.3 is 10.1 Å². The second kappa shape index (κ2) is 6.94. The third kappa shape index (κ3) is 3.98. The molecule has 0 radical (unpaired) electrons. The lowest BCUT2D eigenvalue weighted by molar-refractivity contribution is 0.272. The van der Waals surface area contributed by atoms with Crippen LogP contribution < -0.4 is 10.1 Å². The molecule has 0 aromatic heterocycles.